The van der Waals surface area contributed by atoms with Gasteiger partial charge >= 0.3 is 0 Å². The maximum atomic E-state index is 2.53. The van der Waals surface area contributed by atoms with Gasteiger partial charge in [-0.15, -0.1) is 22.7 Å². The third-order valence-electron chi connectivity index (χ3n) is 11.6. The number of anilines is 5. The van der Waals surface area contributed by atoms with Crippen molar-refractivity contribution in [3.63, 3.8) is 0 Å². The number of nitrogens with zero attached hydrogens (tertiary/aromatic N) is 2. The lowest BCUT2D eigenvalue weighted by Gasteiger charge is -2.30. The van der Waals surface area contributed by atoms with Gasteiger partial charge in [-0.3, -0.25) is 0 Å². The van der Waals surface area contributed by atoms with Crippen molar-refractivity contribution in [2.75, 3.05) is 9.80 Å². The molecule has 12 rings (SSSR count). The molecule has 2 aromatic heterocycles. The van der Waals surface area contributed by atoms with E-state index in [4.69, 9.17) is 0 Å². The lowest BCUT2D eigenvalue weighted by molar-refractivity contribution is 1.09. The maximum absolute atomic E-state index is 2.53. The molecule has 0 N–H and O–H groups in total. The Hall–Kier alpha value is -6.72. The first-order valence-electron chi connectivity index (χ1n) is 19.5. The Bertz CT molecular complexity index is 3460. The SMILES string of the molecule is C1=CC=C(N(c2ccc3ccc4c(N(c5ccccc5)c5cccc6c5sc5ccccc56)ccc5ccc2c3c54)c2cccc3c2sc2ccccc23)CC=C1. The molecule has 0 radical (unpaired) electrons. The largest absolute Gasteiger partial charge is 0.312 e. The quantitative estimate of drug-likeness (QED) is 0.156. The molecule has 0 spiro atoms. The smallest absolute Gasteiger partial charge is 0.0640 e. The molecule has 57 heavy (non-hydrogen) atoms. The van der Waals surface area contributed by atoms with Crippen molar-refractivity contribution in [1.82, 2.24) is 0 Å². The molecule has 4 heteroatoms. The molecular formula is C53H34N2S2. The molecule has 0 saturated carbocycles. The highest BCUT2D eigenvalue weighted by atomic mass is 32.1. The fourth-order valence-corrected chi connectivity index (χ4v) is 11.5. The summed E-state index contributed by atoms with van der Waals surface area (Å²) in [6, 6.07) is 60.7. The molecule has 2 nitrogen and oxygen atoms in total. The summed E-state index contributed by atoms with van der Waals surface area (Å²) in [5, 5.41) is 12.8. The lowest BCUT2D eigenvalue weighted by Crippen LogP contribution is -2.16. The Balaban J connectivity index is 1.13. The van der Waals surface area contributed by atoms with E-state index in [1.807, 2.05) is 22.7 Å². The zero-order valence-electron chi connectivity index (χ0n) is 30.9. The standard InChI is InChI=1S/C53H34N2S2/c1-2-5-15-36(14-4-1)54(46-22-12-20-40-38-18-8-10-24-48(38)56-52(40)46)44-32-28-34-27-31-43-45(33-29-35-26-30-42(44)50(34)51(35)43)55(37-16-6-3-7-17-37)47-23-13-21-41-39-19-9-11-25-49(39)57-53(41)47/h1-14,16-33H,15H2. The first kappa shape index (κ1) is 32.5. The predicted molar refractivity (Wildman–Crippen MR) is 250 cm³/mol. The number of fused-ring (bicyclic) bond motifs is 6. The normalized spacial score (nSPS) is 13.2. The summed E-state index contributed by atoms with van der Waals surface area (Å²) >= 11 is 3.77. The highest BCUT2D eigenvalue weighted by Crippen LogP contribution is 2.51. The van der Waals surface area contributed by atoms with E-state index in [0.29, 0.717) is 0 Å². The van der Waals surface area contributed by atoms with Crippen molar-refractivity contribution in [1.29, 1.82) is 0 Å². The maximum Gasteiger partial charge on any atom is 0.0640 e. The van der Waals surface area contributed by atoms with Gasteiger partial charge in [0.1, 0.15) is 0 Å². The first-order valence-corrected chi connectivity index (χ1v) is 21.1. The molecule has 0 saturated heterocycles. The summed E-state index contributed by atoms with van der Waals surface area (Å²) in [5.41, 5.74) is 7.16. The third kappa shape index (κ3) is 5.01. The van der Waals surface area contributed by atoms with E-state index in [0.717, 1.165) is 12.1 Å². The van der Waals surface area contributed by atoms with Crippen LogP contribution < -0.4 is 9.80 Å². The second kappa shape index (κ2) is 12.9. The van der Waals surface area contributed by atoms with Crippen LogP contribution in [0.1, 0.15) is 6.42 Å². The number of para-hydroxylation sites is 1. The average molecular weight is 763 g/mol. The van der Waals surface area contributed by atoms with E-state index >= 15 is 0 Å². The van der Waals surface area contributed by atoms with Crippen molar-refractivity contribution in [2.24, 2.45) is 0 Å². The van der Waals surface area contributed by atoms with Gasteiger partial charge in [-0.05, 0) is 76.2 Å². The molecule has 1 aliphatic carbocycles. The average Bonchev–Trinajstić information content (AvgIpc) is 3.73. The molecule has 0 atom stereocenters. The van der Waals surface area contributed by atoms with Gasteiger partial charge in [-0.1, -0.05) is 140 Å². The molecule has 1 aliphatic rings. The number of hydrogen-bond acceptors (Lipinski definition) is 4. The lowest BCUT2D eigenvalue weighted by atomic mass is 9.91. The summed E-state index contributed by atoms with van der Waals surface area (Å²) in [6.07, 6.45) is 11.9. The van der Waals surface area contributed by atoms with Crippen LogP contribution in [0.25, 0.3) is 72.7 Å². The molecule has 9 aromatic carbocycles. The highest BCUT2D eigenvalue weighted by Gasteiger charge is 2.25. The van der Waals surface area contributed by atoms with Crippen molar-refractivity contribution >= 4 is 124 Å². The monoisotopic (exact) mass is 762 g/mol. The minimum absolute atomic E-state index is 0.829. The predicted octanol–water partition coefficient (Wildman–Crippen LogP) is 16.3. The molecule has 268 valence electrons. The van der Waals surface area contributed by atoms with Crippen molar-refractivity contribution < 1.29 is 0 Å². The van der Waals surface area contributed by atoms with Crippen molar-refractivity contribution in [3.05, 3.63) is 200 Å². The van der Waals surface area contributed by atoms with Gasteiger partial charge in [0.2, 0.25) is 0 Å². The fourth-order valence-electron chi connectivity index (χ4n) is 9.13. The Labute approximate surface area is 338 Å². The molecular weight excluding hydrogens is 729 g/mol. The van der Waals surface area contributed by atoms with Crippen LogP contribution in [0.3, 0.4) is 0 Å². The van der Waals surface area contributed by atoms with E-state index in [-0.39, 0.29) is 0 Å². The van der Waals surface area contributed by atoms with Crippen LogP contribution in [0.5, 0.6) is 0 Å². The van der Waals surface area contributed by atoms with Gasteiger partial charge in [-0.25, -0.2) is 0 Å². The summed E-state index contributed by atoms with van der Waals surface area (Å²) < 4.78 is 5.22. The van der Waals surface area contributed by atoms with Crippen LogP contribution in [0, 0.1) is 0 Å². The highest BCUT2D eigenvalue weighted by molar-refractivity contribution is 7.26. The van der Waals surface area contributed by atoms with Crippen LogP contribution in [-0.4, -0.2) is 0 Å². The molecule has 0 aliphatic heterocycles. The summed E-state index contributed by atoms with van der Waals surface area (Å²) in [5.74, 6) is 0. The van der Waals surface area contributed by atoms with Gasteiger partial charge < -0.3 is 9.80 Å². The van der Waals surface area contributed by atoms with E-state index in [9.17, 15) is 0 Å². The van der Waals surface area contributed by atoms with Gasteiger partial charge in [0.25, 0.3) is 0 Å². The van der Waals surface area contributed by atoms with E-state index in [2.05, 4.69) is 204 Å². The van der Waals surface area contributed by atoms with Crippen LogP contribution in [0.15, 0.2) is 200 Å². The summed E-state index contributed by atoms with van der Waals surface area (Å²) in [4.78, 5) is 5.01. The van der Waals surface area contributed by atoms with Gasteiger partial charge in [0.15, 0.2) is 0 Å². The van der Waals surface area contributed by atoms with Crippen LogP contribution in [0.2, 0.25) is 0 Å². The molecule has 0 bridgehead atoms. The molecule has 0 unspecified atom stereocenters. The second-order valence-electron chi connectivity index (χ2n) is 14.8. The summed E-state index contributed by atoms with van der Waals surface area (Å²) in [7, 11) is 0. The Morgan fingerprint density at radius 3 is 1.53 bits per heavy atom. The summed E-state index contributed by atoms with van der Waals surface area (Å²) in [6.45, 7) is 0. The Morgan fingerprint density at radius 2 is 0.895 bits per heavy atom. The topological polar surface area (TPSA) is 6.48 Å². The van der Waals surface area contributed by atoms with Gasteiger partial charge in [0, 0.05) is 59.5 Å². The van der Waals surface area contributed by atoms with Gasteiger partial charge in [-0.2, -0.15) is 0 Å². The first-order chi connectivity index (χ1) is 28.3. The molecule has 0 amide bonds. The number of benzene rings is 9. The van der Waals surface area contributed by atoms with E-state index in [1.165, 1.54) is 101 Å². The number of thiophene rings is 2. The zero-order valence-corrected chi connectivity index (χ0v) is 32.5. The Kier molecular flexibility index (Phi) is 7.37. The van der Waals surface area contributed by atoms with Crippen LogP contribution >= 0.6 is 22.7 Å². The number of allylic oxidation sites excluding steroid dienone is 5. The second-order valence-corrected chi connectivity index (χ2v) is 16.9. The minimum atomic E-state index is 0.829. The third-order valence-corrected chi connectivity index (χ3v) is 14.0. The van der Waals surface area contributed by atoms with E-state index < -0.39 is 0 Å². The molecule has 11 aromatic rings. The van der Waals surface area contributed by atoms with Gasteiger partial charge in [0.05, 0.1) is 32.1 Å². The Morgan fingerprint density at radius 1 is 0.368 bits per heavy atom. The van der Waals surface area contributed by atoms with Crippen molar-refractivity contribution in [2.45, 2.75) is 6.42 Å². The molecule has 2 heterocycles. The number of hydrogen-bond donors (Lipinski definition) is 0. The molecule has 0 fully saturated rings. The van der Waals surface area contributed by atoms with Crippen LogP contribution in [-0.2, 0) is 0 Å². The van der Waals surface area contributed by atoms with E-state index in [1.54, 1.807) is 0 Å². The minimum Gasteiger partial charge on any atom is -0.312 e. The van der Waals surface area contributed by atoms with Crippen molar-refractivity contribution in [3.8, 4) is 0 Å². The van der Waals surface area contributed by atoms with Crippen LogP contribution in [0.4, 0.5) is 28.4 Å². The fraction of sp³-hybridized carbons (Fsp3) is 0.0189. The zero-order chi connectivity index (χ0) is 37.5. The number of rotatable bonds is 6.